The molecule has 16 heavy (non-hydrogen) atoms. The van der Waals surface area contributed by atoms with E-state index >= 15 is 0 Å². The smallest absolute Gasteiger partial charge is 0.248 e. The third kappa shape index (κ3) is 2.15. The molecule has 0 radical (unpaired) electrons. The number of carbonyl (C=O) groups excluding carboxylic acids is 1. The number of nitrogens with one attached hydrogen (secondary N) is 1. The molecule has 86 valence electrons. The molecule has 0 bridgehead atoms. The highest BCUT2D eigenvalue weighted by Crippen LogP contribution is 2.30. The van der Waals surface area contributed by atoms with Gasteiger partial charge in [0.2, 0.25) is 5.91 Å². The standard InChI is InChI=1S/C12H15FN2O/c1-7-4-9(5-7)15-11-6-8(12(14)16)2-3-10(11)13/h2-3,6-7,9,15H,4-5H2,1H3,(H2,14,16). The molecule has 0 heterocycles. The summed E-state index contributed by atoms with van der Waals surface area (Å²) in [5, 5.41) is 3.09. The second-order valence-electron chi connectivity index (χ2n) is 4.48. The Hall–Kier alpha value is -1.58. The normalized spacial score (nSPS) is 23.6. The molecule has 4 heteroatoms. The van der Waals surface area contributed by atoms with Crippen LogP contribution in [0.15, 0.2) is 18.2 Å². The highest BCUT2D eigenvalue weighted by atomic mass is 19.1. The molecule has 3 N–H and O–H groups in total. The molecule has 1 fully saturated rings. The van der Waals surface area contributed by atoms with Crippen LogP contribution < -0.4 is 11.1 Å². The quantitative estimate of drug-likeness (QED) is 0.823. The van der Waals surface area contributed by atoms with Gasteiger partial charge < -0.3 is 11.1 Å². The largest absolute Gasteiger partial charge is 0.380 e. The Morgan fingerprint density at radius 3 is 2.75 bits per heavy atom. The zero-order valence-corrected chi connectivity index (χ0v) is 9.16. The van der Waals surface area contributed by atoms with E-state index in [2.05, 4.69) is 12.2 Å². The van der Waals surface area contributed by atoms with Crippen LogP contribution in [0.3, 0.4) is 0 Å². The molecule has 2 rings (SSSR count). The van der Waals surface area contributed by atoms with Crippen LogP contribution in [0.1, 0.15) is 30.1 Å². The second-order valence-corrected chi connectivity index (χ2v) is 4.48. The van der Waals surface area contributed by atoms with Gasteiger partial charge in [-0.1, -0.05) is 6.92 Å². The monoisotopic (exact) mass is 222 g/mol. The van der Waals surface area contributed by atoms with Crippen molar-refractivity contribution in [3.05, 3.63) is 29.6 Å². The van der Waals surface area contributed by atoms with E-state index in [0.717, 1.165) is 12.8 Å². The van der Waals surface area contributed by atoms with Crippen molar-refractivity contribution < 1.29 is 9.18 Å². The Bertz CT molecular complexity index is 413. The molecule has 1 aliphatic carbocycles. The van der Waals surface area contributed by atoms with Gasteiger partial charge in [0.1, 0.15) is 5.82 Å². The van der Waals surface area contributed by atoms with Crippen molar-refractivity contribution in [1.82, 2.24) is 0 Å². The maximum absolute atomic E-state index is 13.4. The van der Waals surface area contributed by atoms with E-state index in [-0.39, 0.29) is 5.82 Å². The predicted octanol–water partition coefficient (Wildman–Crippen LogP) is 2.13. The van der Waals surface area contributed by atoms with E-state index in [1.807, 2.05) is 0 Å². The van der Waals surface area contributed by atoms with Crippen LogP contribution in [0, 0.1) is 11.7 Å². The molecular formula is C12H15FN2O. The van der Waals surface area contributed by atoms with Crippen LogP contribution >= 0.6 is 0 Å². The number of rotatable bonds is 3. The molecule has 0 aromatic heterocycles. The van der Waals surface area contributed by atoms with Crippen LogP contribution in [-0.4, -0.2) is 11.9 Å². The fourth-order valence-corrected chi connectivity index (χ4v) is 2.03. The number of hydrogen-bond donors (Lipinski definition) is 2. The zero-order chi connectivity index (χ0) is 11.7. The lowest BCUT2D eigenvalue weighted by Gasteiger charge is -2.34. The number of primary amides is 1. The first-order chi connectivity index (χ1) is 7.56. The summed E-state index contributed by atoms with van der Waals surface area (Å²) >= 11 is 0. The highest BCUT2D eigenvalue weighted by molar-refractivity contribution is 5.93. The summed E-state index contributed by atoms with van der Waals surface area (Å²) in [6.45, 7) is 2.16. The fraction of sp³-hybridized carbons (Fsp3) is 0.417. The lowest BCUT2D eigenvalue weighted by Crippen LogP contribution is -2.34. The third-order valence-electron chi connectivity index (χ3n) is 2.98. The number of anilines is 1. The van der Waals surface area contributed by atoms with Crippen LogP contribution in [0.5, 0.6) is 0 Å². The van der Waals surface area contributed by atoms with Crippen LogP contribution in [0.25, 0.3) is 0 Å². The van der Waals surface area contributed by atoms with Crippen molar-refractivity contribution in [2.45, 2.75) is 25.8 Å². The molecule has 1 aromatic rings. The van der Waals surface area contributed by atoms with Gasteiger partial charge in [0.15, 0.2) is 0 Å². The van der Waals surface area contributed by atoms with E-state index in [0.29, 0.717) is 23.2 Å². The molecule has 0 unspecified atom stereocenters. The van der Waals surface area contributed by atoms with Gasteiger partial charge in [-0.2, -0.15) is 0 Å². The van der Waals surface area contributed by atoms with Gasteiger partial charge in [-0.15, -0.1) is 0 Å². The molecule has 0 aliphatic heterocycles. The van der Waals surface area contributed by atoms with Gasteiger partial charge in [0, 0.05) is 11.6 Å². The average molecular weight is 222 g/mol. The van der Waals surface area contributed by atoms with Gasteiger partial charge in [0.05, 0.1) is 5.69 Å². The first-order valence-electron chi connectivity index (χ1n) is 5.42. The third-order valence-corrected chi connectivity index (χ3v) is 2.98. The molecule has 0 saturated heterocycles. The van der Waals surface area contributed by atoms with Crippen molar-refractivity contribution in [3.63, 3.8) is 0 Å². The minimum Gasteiger partial charge on any atom is -0.380 e. The summed E-state index contributed by atoms with van der Waals surface area (Å²) < 4.78 is 13.4. The molecule has 1 aliphatic rings. The minimum absolute atomic E-state index is 0.313. The van der Waals surface area contributed by atoms with Gasteiger partial charge in [-0.05, 0) is 37.0 Å². The van der Waals surface area contributed by atoms with Crippen LogP contribution in [-0.2, 0) is 0 Å². The zero-order valence-electron chi connectivity index (χ0n) is 9.16. The van der Waals surface area contributed by atoms with Crippen LogP contribution in [0.2, 0.25) is 0 Å². The predicted molar refractivity (Wildman–Crippen MR) is 60.7 cm³/mol. The first kappa shape index (κ1) is 10.9. The summed E-state index contributed by atoms with van der Waals surface area (Å²) in [6.07, 6.45) is 2.08. The topological polar surface area (TPSA) is 55.1 Å². The van der Waals surface area contributed by atoms with E-state index in [4.69, 9.17) is 5.73 Å². The van der Waals surface area contributed by atoms with Crippen molar-refractivity contribution in [2.24, 2.45) is 11.7 Å². The number of nitrogens with two attached hydrogens (primary N) is 1. The van der Waals surface area contributed by atoms with Crippen molar-refractivity contribution in [2.75, 3.05) is 5.32 Å². The molecule has 0 atom stereocenters. The number of amides is 1. The lowest BCUT2D eigenvalue weighted by molar-refractivity contribution is 0.100. The fourth-order valence-electron chi connectivity index (χ4n) is 2.03. The SMILES string of the molecule is CC1CC(Nc2cc(C(N)=O)ccc2F)C1. The number of halogens is 1. The van der Waals surface area contributed by atoms with Gasteiger partial charge in [0.25, 0.3) is 0 Å². The molecular weight excluding hydrogens is 207 g/mol. The lowest BCUT2D eigenvalue weighted by atomic mass is 9.82. The van der Waals surface area contributed by atoms with E-state index in [9.17, 15) is 9.18 Å². The van der Waals surface area contributed by atoms with Crippen molar-refractivity contribution in [1.29, 1.82) is 0 Å². The summed E-state index contributed by atoms with van der Waals surface area (Å²) in [6, 6.07) is 4.45. The van der Waals surface area contributed by atoms with E-state index < -0.39 is 5.91 Å². The molecule has 1 amide bonds. The maximum atomic E-state index is 13.4. The Labute approximate surface area is 93.8 Å². The summed E-state index contributed by atoms with van der Waals surface area (Å²) in [4.78, 5) is 11.0. The maximum Gasteiger partial charge on any atom is 0.248 e. The Morgan fingerprint density at radius 2 is 2.19 bits per heavy atom. The second kappa shape index (κ2) is 4.12. The van der Waals surface area contributed by atoms with E-state index in [1.165, 1.54) is 18.2 Å². The Morgan fingerprint density at radius 1 is 1.50 bits per heavy atom. The number of hydrogen-bond acceptors (Lipinski definition) is 2. The van der Waals surface area contributed by atoms with Gasteiger partial charge in [-0.3, -0.25) is 4.79 Å². The van der Waals surface area contributed by atoms with Crippen molar-refractivity contribution in [3.8, 4) is 0 Å². The van der Waals surface area contributed by atoms with Gasteiger partial charge >= 0.3 is 0 Å². The molecule has 1 saturated carbocycles. The summed E-state index contributed by atoms with van der Waals surface area (Å²) in [7, 11) is 0. The first-order valence-corrected chi connectivity index (χ1v) is 5.42. The summed E-state index contributed by atoms with van der Waals surface area (Å²) in [5.74, 6) is -0.186. The Kier molecular flexibility index (Phi) is 2.81. The molecule has 3 nitrogen and oxygen atoms in total. The molecule has 0 spiro atoms. The highest BCUT2D eigenvalue weighted by Gasteiger charge is 2.25. The number of benzene rings is 1. The molecule has 1 aromatic carbocycles. The van der Waals surface area contributed by atoms with E-state index in [1.54, 1.807) is 0 Å². The van der Waals surface area contributed by atoms with Crippen LogP contribution in [0.4, 0.5) is 10.1 Å². The minimum atomic E-state index is -0.537. The van der Waals surface area contributed by atoms with Gasteiger partial charge in [-0.25, -0.2) is 4.39 Å². The number of carbonyl (C=O) groups is 1. The average Bonchev–Trinajstić information content (AvgIpc) is 2.18. The Balaban J connectivity index is 2.12. The summed E-state index contributed by atoms with van der Waals surface area (Å²) in [5.41, 5.74) is 5.84. The van der Waals surface area contributed by atoms with Crippen molar-refractivity contribution >= 4 is 11.6 Å².